The highest BCUT2D eigenvalue weighted by atomic mass is 32.2. The van der Waals surface area contributed by atoms with E-state index in [1.165, 1.54) is 38.9 Å². The molecule has 12 heteroatoms. The van der Waals surface area contributed by atoms with Crippen LogP contribution < -0.4 is 9.46 Å². The number of methoxy groups -OCH3 is 1. The third kappa shape index (κ3) is 6.75. The van der Waals surface area contributed by atoms with Gasteiger partial charge < -0.3 is 23.8 Å². The van der Waals surface area contributed by atoms with E-state index in [2.05, 4.69) is 20.3 Å². The number of hydrogen-bond acceptors (Lipinski definition) is 7. The number of fused-ring (bicyclic) bond motifs is 5. The molecule has 2 aromatic carbocycles. The number of rotatable bonds is 8. The molecule has 2 saturated heterocycles. The largest absolute Gasteiger partial charge is 0.497 e. The molecule has 1 saturated carbocycles. The molecule has 262 valence electrons. The number of ether oxygens (including phenoxy) is 2. The van der Waals surface area contributed by atoms with Crippen LogP contribution in [-0.2, 0) is 26.3 Å². The Morgan fingerprint density at radius 2 is 1.78 bits per heavy atom. The first-order chi connectivity index (χ1) is 23.6. The topological polar surface area (TPSA) is 113 Å². The normalized spacial score (nSPS) is 20.5. The van der Waals surface area contributed by atoms with Gasteiger partial charge in [0, 0.05) is 61.3 Å². The van der Waals surface area contributed by atoms with Gasteiger partial charge >= 0.3 is 10.2 Å². The third-order valence-corrected chi connectivity index (χ3v) is 12.0. The quantitative estimate of drug-likeness (QED) is 0.367. The first-order valence-corrected chi connectivity index (χ1v) is 19.0. The zero-order valence-corrected chi connectivity index (χ0v) is 29.6. The van der Waals surface area contributed by atoms with Crippen molar-refractivity contribution in [2.75, 3.05) is 60.5 Å². The molecule has 2 amide bonds. The molecular weight excluding hydrogens is 643 g/mol. The summed E-state index contributed by atoms with van der Waals surface area (Å²) in [5, 5.41) is 1.03. The van der Waals surface area contributed by atoms with Crippen LogP contribution in [-0.4, -0.2) is 106 Å². The first-order valence-electron chi connectivity index (χ1n) is 17.6. The molecule has 1 unspecified atom stereocenters. The lowest BCUT2D eigenvalue weighted by atomic mass is 9.81. The zero-order valence-electron chi connectivity index (χ0n) is 28.7. The van der Waals surface area contributed by atoms with Crippen molar-refractivity contribution in [3.63, 3.8) is 0 Å². The van der Waals surface area contributed by atoms with Gasteiger partial charge in [0.1, 0.15) is 5.75 Å². The number of aromatic nitrogens is 1. The van der Waals surface area contributed by atoms with Gasteiger partial charge in [0.05, 0.1) is 32.1 Å². The van der Waals surface area contributed by atoms with Crippen LogP contribution in [0.1, 0.15) is 72.3 Å². The fourth-order valence-corrected chi connectivity index (χ4v) is 8.59. The van der Waals surface area contributed by atoms with Gasteiger partial charge in [-0.25, -0.2) is 4.72 Å². The molecule has 4 heterocycles. The average Bonchev–Trinajstić information content (AvgIpc) is 3.69. The van der Waals surface area contributed by atoms with Crippen molar-refractivity contribution < 1.29 is 27.5 Å². The third-order valence-electron chi connectivity index (χ3n) is 10.6. The summed E-state index contributed by atoms with van der Waals surface area (Å²) in [6, 6.07) is 11.5. The number of benzene rings is 2. The summed E-state index contributed by atoms with van der Waals surface area (Å²) in [5.74, 6) is 0.305. The smallest absolute Gasteiger partial charge is 0.303 e. The number of nitrogens with one attached hydrogen (secondary N) is 1. The highest BCUT2D eigenvalue weighted by Gasteiger charge is 2.33. The van der Waals surface area contributed by atoms with Gasteiger partial charge in [-0.2, -0.15) is 12.7 Å². The van der Waals surface area contributed by atoms with Gasteiger partial charge in [-0.1, -0.05) is 25.3 Å². The highest BCUT2D eigenvalue weighted by Crippen LogP contribution is 2.47. The van der Waals surface area contributed by atoms with Crippen molar-refractivity contribution in [2.45, 2.75) is 63.5 Å². The van der Waals surface area contributed by atoms with Crippen LogP contribution in [0.5, 0.6) is 5.75 Å². The van der Waals surface area contributed by atoms with Crippen molar-refractivity contribution in [3.05, 3.63) is 58.7 Å². The minimum atomic E-state index is -3.98. The van der Waals surface area contributed by atoms with E-state index >= 15 is 0 Å². The predicted molar refractivity (Wildman–Crippen MR) is 190 cm³/mol. The molecule has 1 N–H and O–H groups in total. The van der Waals surface area contributed by atoms with E-state index in [9.17, 15) is 18.0 Å². The van der Waals surface area contributed by atoms with E-state index in [0.717, 1.165) is 77.3 Å². The van der Waals surface area contributed by atoms with Crippen LogP contribution in [0.3, 0.4) is 0 Å². The Morgan fingerprint density at radius 3 is 2.51 bits per heavy atom. The van der Waals surface area contributed by atoms with Gasteiger partial charge in [-0.15, -0.1) is 0 Å². The molecule has 3 aliphatic heterocycles. The molecular formula is C37H47N5O6S. The van der Waals surface area contributed by atoms with Crippen LogP contribution >= 0.6 is 0 Å². The van der Waals surface area contributed by atoms with Crippen LogP contribution in [0.2, 0.25) is 0 Å². The van der Waals surface area contributed by atoms with E-state index in [0.29, 0.717) is 43.5 Å². The zero-order chi connectivity index (χ0) is 34.3. The Labute approximate surface area is 289 Å². The van der Waals surface area contributed by atoms with E-state index < -0.39 is 16.1 Å². The summed E-state index contributed by atoms with van der Waals surface area (Å²) < 4.78 is 42.2. The number of likely N-dealkylation sites (tertiary alicyclic amines) is 1. The first kappa shape index (κ1) is 33.8. The van der Waals surface area contributed by atoms with Gasteiger partial charge in [-0.05, 0) is 92.2 Å². The standard InChI is InChI=1S/C37H47N5O6S/c1-39(2)49(45,46)38-36(43)26-11-13-32-33(21-26)42-22-28(37(44)41-17-18-48-30(24-41)23-40-15-7-8-16-40)19-27-20-29(47-3)12-14-31(27)35(42)34(32)25-9-5-4-6-10-25/h11-14,19-21,25,30H,4-10,15-18,22-24H2,1-3H3,(H,38,43). The molecule has 3 fully saturated rings. The minimum absolute atomic E-state index is 0.0246. The summed E-state index contributed by atoms with van der Waals surface area (Å²) in [6.07, 6.45) is 10.0. The van der Waals surface area contributed by atoms with Crippen molar-refractivity contribution in [2.24, 2.45) is 0 Å². The molecule has 1 atom stereocenters. The van der Waals surface area contributed by atoms with Crippen molar-refractivity contribution >= 4 is 39.0 Å². The molecule has 0 spiro atoms. The predicted octanol–water partition coefficient (Wildman–Crippen LogP) is 4.62. The van der Waals surface area contributed by atoms with E-state index in [-0.39, 0.29) is 17.6 Å². The number of carbonyl (C=O) groups is 2. The minimum Gasteiger partial charge on any atom is -0.497 e. The van der Waals surface area contributed by atoms with Crippen LogP contribution in [0.15, 0.2) is 42.0 Å². The molecule has 11 nitrogen and oxygen atoms in total. The molecule has 49 heavy (non-hydrogen) atoms. The average molecular weight is 690 g/mol. The summed E-state index contributed by atoms with van der Waals surface area (Å²) in [5.41, 5.74) is 5.89. The number of nitrogens with zero attached hydrogens (tertiary/aromatic N) is 4. The van der Waals surface area contributed by atoms with Crippen LogP contribution in [0, 0.1) is 0 Å². The van der Waals surface area contributed by atoms with E-state index in [1.54, 1.807) is 19.2 Å². The Hall–Kier alpha value is -3.71. The molecule has 1 aromatic heterocycles. The Kier molecular flexibility index (Phi) is 9.58. The second-order valence-electron chi connectivity index (χ2n) is 14.0. The fourth-order valence-electron chi connectivity index (χ4n) is 8.05. The monoisotopic (exact) mass is 689 g/mol. The lowest BCUT2D eigenvalue weighted by molar-refractivity contribution is -0.135. The van der Waals surface area contributed by atoms with Gasteiger partial charge in [0.2, 0.25) is 0 Å². The van der Waals surface area contributed by atoms with Gasteiger partial charge in [0.25, 0.3) is 11.8 Å². The molecule has 1 aliphatic carbocycles. The molecule has 0 radical (unpaired) electrons. The summed E-state index contributed by atoms with van der Waals surface area (Å²) in [4.78, 5) is 32.2. The second kappa shape index (κ2) is 13.9. The summed E-state index contributed by atoms with van der Waals surface area (Å²) in [6.45, 7) is 4.85. The number of carbonyl (C=O) groups excluding carboxylic acids is 2. The Bertz CT molecular complexity index is 1890. The SMILES string of the molecule is COc1ccc2c(c1)C=C(C(=O)N1CCOC(CN3CCCC3)C1)Cn1c-2c(C2CCCCC2)c2ccc(C(=O)NS(=O)(=O)N(C)C)cc21. The van der Waals surface area contributed by atoms with Gasteiger partial charge in [0.15, 0.2) is 0 Å². The van der Waals surface area contributed by atoms with Gasteiger partial charge in [-0.3, -0.25) is 9.59 Å². The highest BCUT2D eigenvalue weighted by molar-refractivity contribution is 7.87. The van der Waals surface area contributed by atoms with Crippen molar-refractivity contribution in [3.8, 4) is 17.0 Å². The van der Waals surface area contributed by atoms with Crippen molar-refractivity contribution in [1.29, 1.82) is 0 Å². The van der Waals surface area contributed by atoms with Crippen molar-refractivity contribution in [1.82, 2.24) is 23.4 Å². The summed E-state index contributed by atoms with van der Waals surface area (Å²) >= 11 is 0. The van der Waals surface area contributed by atoms with Crippen LogP contribution in [0.25, 0.3) is 28.2 Å². The Balaban J connectivity index is 1.33. The number of amides is 2. The number of hydrogen-bond donors (Lipinski definition) is 1. The maximum absolute atomic E-state index is 14.5. The maximum Gasteiger partial charge on any atom is 0.303 e. The molecule has 7 rings (SSSR count). The Morgan fingerprint density at radius 1 is 1.00 bits per heavy atom. The van der Waals surface area contributed by atoms with E-state index in [1.807, 2.05) is 29.2 Å². The van der Waals surface area contributed by atoms with Crippen LogP contribution in [0.4, 0.5) is 0 Å². The second-order valence-corrected chi connectivity index (χ2v) is 15.9. The van der Waals surface area contributed by atoms with E-state index in [4.69, 9.17) is 9.47 Å². The summed E-state index contributed by atoms with van der Waals surface area (Å²) in [7, 11) is 0.421. The lowest BCUT2D eigenvalue weighted by Gasteiger charge is -2.35. The lowest BCUT2D eigenvalue weighted by Crippen LogP contribution is -2.49. The molecule has 4 aliphatic rings. The molecule has 0 bridgehead atoms. The molecule has 3 aromatic rings. The number of morpholine rings is 1. The maximum atomic E-state index is 14.5. The fraction of sp³-hybridized carbons (Fsp3) is 0.514.